The second-order valence-electron chi connectivity index (χ2n) is 5.08. The van der Waals surface area contributed by atoms with Crippen molar-refractivity contribution >= 4 is 12.0 Å². The highest BCUT2D eigenvalue weighted by atomic mass is 16.5. The van der Waals surface area contributed by atoms with Gasteiger partial charge in [0, 0.05) is 5.70 Å². The lowest BCUT2D eigenvalue weighted by molar-refractivity contribution is -0.138. The summed E-state index contributed by atoms with van der Waals surface area (Å²) in [7, 11) is 0. The van der Waals surface area contributed by atoms with E-state index < -0.39 is 23.6 Å². The average molecular weight is 294 g/mol. The van der Waals surface area contributed by atoms with Gasteiger partial charge in [0.1, 0.15) is 11.6 Å². The molecular weight excluding hydrogens is 272 g/mol. The van der Waals surface area contributed by atoms with Gasteiger partial charge in [0.05, 0.1) is 12.2 Å². The van der Waals surface area contributed by atoms with Gasteiger partial charge in [0.15, 0.2) is 0 Å². The van der Waals surface area contributed by atoms with Crippen molar-refractivity contribution in [1.82, 2.24) is 10.6 Å². The molecule has 6 heteroatoms. The van der Waals surface area contributed by atoms with Gasteiger partial charge in [-0.25, -0.2) is 9.59 Å². The van der Waals surface area contributed by atoms with Crippen molar-refractivity contribution in [3.8, 4) is 11.8 Å². The molecule has 0 aliphatic carbocycles. The Morgan fingerprint density at radius 2 is 2.14 bits per heavy atom. The Morgan fingerprint density at radius 3 is 2.71 bits per heavy atom. The molecular formula is C15H22N2O4. The van der Waals surface area contributed by atoms with Crippen molar-refractivity contribution < 1.29 is 19.4 Å². The zero-order valence-electron chi connectivity index (χ0n) is 12.9. The molecule has 0 radical (unpaired) electrons. The fourth-order valence-electron chi connectivity index (χ4n) is 2.06. The third-order valence-electron chi connectivity index (χ3n) is 2.99. The lowest BCUT2D eigenvalue weighted by Gasteiger charge is -2.24. The summed E-state index contributed by atoms with van der Waals surface area (Å²) < 4.78 is 4.98. The van der Waals surface area contributed by atoms with Gasteiger partial charge in [0.25, 0.3) is 0 Å². The van der Waals surface area contributed by atoms with Crippen LogP contribution in [0.1, 0.15) is 40.5 Å². The van der Waals surface area contributed by atoms with E-state index in [1.54, 1.807) is 20.8 Å². The van der Waals surface area contributed by atoms with Gasteiger partial charge in [-0.2, -0.15) is 0 Å². The Morgan fingerprint density at radius 1 is 1.48 bits per heavy atom. The fraction of sp³-hybridized carbons (Fsp3) is 0.600. The number of ether oxygens (including phenoxy) is 1. The molecule has 0 fully saturated rings. The lowest BCUT2D eigenvalue weighted by atomic mass is 9.98. The molecule has 21 heavy (non-hydrogen) atoms. The Hall–Kier alpha value is -2.00. The monoisotopic (exact) mass is 294 g/mol. The average Bonchev–Trinajstić information content (AvgIpc) is 2.35. The van der Waals surface area contributed by atoms with E-state index in [0.717, 1.165) is 6.42 Å². The molecule has 0 saturated heterocycles. The first kappa shape index (κ1) is 17.1. The number of rotatable bonds is 4. The molecule has 2 unspecified atom stereocenters. The second kappa shape index (κ2) is 7.14. The minimum absolute atomic E-state index is 0.233. The van der Waals surface area contributed by atoms with E-state index in [0.29, 0.717) is 12.1 Å². The number of allylic oxidation sites excluding steroid dienone is 1. The third kappa shape index (κ3) is 4.80. The van der Waals surface area contributed by atoms with Gasteiger partial charge in [-0.15, -0.1) is 0 Å². The van der Waals surface area contributed by atoms with Crippen LogP contribution >= 0.6 is 0 Å². The molecule has 3 N–H and O–H groups in total. The molecule has 0 bridgehead atoms. The molecule has 2 amide bonds. The van der Waals surface area contributed by atoms with Crippen molar-refractivity contribution in [3.05, 3.63) is 11.3 Å². The molecule has 1 aliphatic heterocycles. The standard InChI is InChI=1S/C15H22N2O4/c1-5-8-15(4,20)9-7-11-12(13(18)21-6-2)10(3)16-14(19)17-11/h11,20H,5-6,8H2,1-4H3,(H2,16,17,19). The van der Waals surface area contributed by atoms with E-state index in [1.165, 1.54) is 0 Å². The van der Waals surface area contributed by atoms with Crippen LogP contribution < -0.4 is 10.6 Å². The Bertz CT molecular complexity index is 512. The van der Waals surface area contributed by atoms with E-state index in [2.05, 4.69) is 22.5 Å². The third-order valence-corrected chi connectivity index (χ3v) is 2.99. The number of hydrogen-bond acceptors (Lipinski definition) is 4. The highest BCUT2D eigenvalue weighted by molar-refractivity contribution is 5.95. The Labute approximate surface area is 124 Å². The van der Waals surface area contributed by atoms with Crippen LogP contribution in [0.15, 0.2) is 11.3 Å². The maximum Gasteiger partial charge on any atom is 0.338 e. The van der Waals surface area contributed by atoms with Gasteiger partial charge < -0.3 is 20.5 Å². The van der Waals surface area contributed by atoms with Crippen LogP contribution in [-0.2, 0) is 9.53 Å². The summed E-state index contributed by atoms with van der Waals surface area (Å²) >= 11 is 0. The van der Waals surface area contributed by atoms with Gasteiger partial charge in [-0.3, -0.25) is 0 Å². The number of aliphatic hydroxyl groups is 1. The molecule has 0 aromatic rings. The molecule has 1 aliphatic rings. The number of esters is 1. The summed E-state index contributed by atoms with van der Waals surface area (Å²) in [6.45, 7) is 7.10. The van der Waals surface area contributed by atoms with E-state index in [-0.39, 0.29) is 12.2 Å². The zero-order chi connectivity index (χ0) is 16.0. The summed E-state index contributed by atoms with van der Waals surface area (Å²) in [6.07, 6.45) is 1.29. The molecule has 0 aromatic heterocycles. The van der Waals surface area contributed by atoms with E-state index in [1.807, 2.05) is 6.92 Å². The first-order valence-electron chi connectivity index (χ1n) is 7.01. The van der Waals surface area contributed by atoms with Crippen LogP contribution in [-0.4, -0.2) is 35.4 Å². The smallest absolute Gasteiger partial charge is 0.338 e. The number of carbonyl (C=O) groups is 2. The molecule has 1 heterocycles. The van der Waals surface area contributed by atoms with Crippen molar-refractivity contribution in [1.29, 1.82) is 0 Å². The van der Waals surface area contributed by atoms with Crippen molar-refractivity contribution in [3.63, 3.8) is 0 Å². The predicted octanol–water partition coefficient (Wildman–Crippen LogP) is 1.06. The minimum Gasteiger partial charge on any atom is -0.462 e. The normalized spacial score (nSPS) is 20.6. The number of urea groups is 1. The van der Waals surface area contributed by atoms with Crippen LogP contribution in [0.3, 0.4) is 0 Å². The first-order chi connectivity index (χ1) is 9.80. The second-order valence-corrected chi connectivity index (χ2v) is 5.08. The highest BCUT2D eigenvalue weighted by Crippen LogP contribution is 2.15. The van der Waals surface area contributed by atoms with Crippen LogP contribution in [0.4, 0.5) is 4.79 Å². The fourth-order valence-corrected chi connectivity index (χ4v) is 2.06. The summed E-state index contributed by atoms with van der Waals surface area (Å²) in [6, 6.07) is -1.23. The van der Waals surface area contributed by atoms with Crippen molar-refractivity contribution in [2.24, 2.45) is 0 Å². The van der Waals surface area contributed by atoms with Crippen LogP contribution in [0.5, 0.6) is 0 Å². The lowest BCUT2D eigenvalue weighted by Crippen LogP contribution is -2.49. The quantitative estimate of drug-likeness (QED) is 0.534. The first-order valence-corrected chi connectivity index (χ1v) is 7.01. The summed E-state index contributed by atoms with van der Waals surface area (Å²) in [4.78, 5) is 23.5. The highest BCUT2D eigenvalue weighted by Gasteiger charge is 2.30. The zero-order valence-corrected chi connectivity index (χ0v) is 12.9. The molecule has 116 valence electrons. The van der Waals surface area contributed by atoms with Crippen LogP contribution in [0.25, 0.3) is 0 Å². The maximum atomic E-state index is 12.0. The molecule has 0 saturated carbocycles. The maximum absolute atomic E-state index is 12.0. The molecule has 1 rings (SSSR count). The SMILES string of the molecule is CCCC(C)(O)C#CC1NC(=O)NC(C)=C1C(=O)OCC. The molecule has 0 spiro atoms. The summed E-state index contributed by atoms with van der Waals surface area (Å²) in [5.74, 6) is 4.95. The van der Waals surface area contributed by atoms with Gasteiger partial charge in [-0.1, -0.05) is 25.2 Å². The largest absolute Gasteiger partial charge is 0.462 e. The molecule has 0 aromatic carbocycles. The number of nitrogens with one attached hydrogen (secondary N) is 2. The van der Waals surface area contributed by atoms with Crippen LogP contribution in [0.2, 0.25) is 0 Å². The predicted molar refractivity (Wildman–Crippen MR) is 78.1 cm³/mol. The number of hydrogen-bond donors (Lipinski definition) is 3. The number of amides is 2. The van der Waals surface area contributed by atoms with E-state index in [4.69, 9.17) is 4.74 Å². The van der Waals surface area contributed by atoms with Crippen molar-refractivity contribution in [2.75, 3.05) is 6.61 Å². The Balaban J connectivity index is 3.07. The summed E-state index contributed by atoms with van der Waals surface area (Å²) in [5, 5.41) is 15.1. The molecule has 6 nitrogen and oxygen atoms in total. The topological polar surface area (TPSA) is 87.7 Å². The van der Waals surface area contributed by atoms with E-state index >= 15 is 0 Å². The molecule has 2 atom stereocenters. The summed E-state index contributed by atoms with van der Waals surface area (Å²) in [5.41, 5.74) is -0.485. The minimum atomic E-state index is -1.15. The van der Waals surface area contributed by atoms with Crippen LogP contribution in [0, 0.1) is 11.8 Å². The van der Waals surface area contributed by atoms with E-state index in [9.17, 15) is 14.7 Å². The number of carbonyl (C=O) groups excluding carboxylic acids is 2. The van der Waals surface area contributed by atoms with Crippen molar-refractivity contribution in [2.45, 2.75) is 52.2 Å². The van der Waals surface area contributed by atoms with Gasteiger partial charge in [0.2, 0.25) is 0 Å². The van der Waals surface area contributed by atoms with Gasteiger partial charge in [-0.05, 0) is 27.2 Å². The van der Waals surface area contributed by atoms with Gasteiger partial charge >= 0.3 is 12.0 Å². The Kier molecular flexibility index (Phi) is 5.79.